The van der Waals surface area contributed by atoms with Crippen LogP contribution in [0.4, 0.5) is 0 Å². The first-order valence-corrected chi connectivity index (χ1v) is 7.58. The molecule has 0 heterocycles. The van der Waals surface area contributed by atoms with Crippen LogP contribution in [0.2, 0.25) is 11.6 Å². The van der Waals surface area contributed by atoms with Crippen LogP contribution in [-0.2, 0) is 0 Å². The van der Waals surface area contributed by atoms with Crippen molar-refractivity contribution in [3.8, 4) is 0 Å². The molecular weight excluding hydrogens is 203 g/mol. The van der Waals surface area contributed by atoms with Gasteiger partial charge in [-0.2, -0.15) is 0 Å². The van der Waals surface area contributed by atoms with Gasteiger partial charge in [0.05, 0.1) is 0 Å². The van der Waals surface area contributed by atoms with E-state index in [0.29, 0.717) is 0 Å². The molecule has 0 fully saturated rings. The summed E-state index contributed by atoms with van der Waals surface area (Å²) in [5.74, 6) is 5.62. The average Bonchev–Trinajstić information content (AvgIpc) is 2.27. The Morgan fingerprint density at radius 2 is 1.35 bits per heavy atom. The van der Waals surface area contributed by atoms with Crippen molar-refractivity contribution < 1.29 is 0 Å². The van der Waals surface area contributed by atoms with Gasteiger partial charge in [-0.05, 0) is 6.42 Å². The molecule has 100 valence electrons. The quantitative estimate of drug-likeness (QED) is 0.366. The summed E-state index contributed by atoms with van der Waals surface area (Å²) in [6.07, 6.45) is 6.30. The molecule has 0 rings (SSSR count). The number of hydrogen-bond donors (Lipinski definition) is 0. The summed E-state index contributed by atoms with van der Waals surface area (Å²) >= 11 is 0. The molecule has 0 N–H and O–H groups in total. The third-order valence-corrected chi connectivity index (χ3v) is 4.40. The predicted molar refractivity (Wildman–Crippen MR) is 82.9 cm³/mol. The third kappa shape index (κ3) is 6.34. The second kappa shape index (κ2) is 8.83. The van der Waals surface area contributed by atoms with Crippen LogP contribution in [0.25, 0.3) is 0 Å². The summed E-state index contributed by atoms with van der Waals surface area (Å²) in [5.41, 5.74) is 0. The smallest absolute Gasteiger partial charge is 0.118 e. The summed E-state index contributed by atoms with van der Waals surface area (Å²) in [6.45, 7) is 17.2. The molecule has 0 aliphatic rings. The molecule has 0 saturated heterocycles. The van der Waals surface area contributed by atoms with Crippen molar-refractivity contribution in [2.45, 2.75) is 79.4 Å². The minimum atomic E-state index is 0.742. The Morgan fingerprint density at radius 1 is 0.882 bits per heavy atom. The Morgan fingerprint density at radius 3 is 1.71 bits per heavy atom. The first-order valence-electron chi connectivity index (χ1n) is 7.58. The van der Waals surface area contributed by atoms with E-state index in [2.05, 4.69) is 60.5 Å². The minimum absolute atomic E-state index is 0.742. The van der Waals surface area contributed by atoms with E-state index in [0.717, 1.165) is 30.2 Å². The molecule has 0 aromatic carbocycles. The fourth-order valence-electron chi connectivity index (χ4n) is 2.29. The zero-order valence-electron chi connectivity index (χ0n) is 13.2. The van der Waals surface area contributed by atoms with E-state index in [4.69, 9.17) is 0 Å². The monoisotopic (exact) mass is 236 g/mol. The molecule has 0 aliphatic heterocycles. The van der Waals surface area contributed by atoms with Gasteiger partial charge >= 0.3 is 0 Å². The van der Waals surface area contributed by atoms with Crippen LogP contribution in [0.3, 0.4) is 0 Å². The van der Waals surface area contributed by atoms with E-state index < -0.39 is 0 Å². The van der Waals surface area contributed by atoms with Crippen LogP contribution in [0, 0.1) is 11.8 Å². The van der Waals surface area contributed by atoms with Crippen molar-refractivity contribution in [2.75, 3.05) is 0 Å². The zero-order chi connectivity index (χ0) is 13.4. The lowest BCUT2D eigenvalue weighted by atomic mass is 9.31. The zero-order valence-corrected chi connectivity index (χ0v) is 13.2. The fourth-order valence-corrected chi connectivity index (χ4v) is 2.29. The predicted octanol–water partition coefficient (Wildman–Crippen LogP) is 5.86. The molecule has 0 bridgehead atoms. The van der Waals surface area contributed by atoms with Gasteiger partial charge in [0, 0.05) is 0 Å². The van der Waals surface area contributed by atoms with Gasteiger partial charge < -0.3 is 0 Å². The van der Waals surface area contributed by atoms with E-state index in [9.17, 15) is 0 Å². The fraction of sp³-hybridized carbons (Fsp3) is 0.875. The maximum Gasteiger partial charge on any atom is 0.172 e. The lowest BCUT2D eigenvalue weighted by Crippen LogP contribution is -2.28. The molecular formula is C16H33B. The van der Waals surface area contributed by atoms with Crippen LogP contribution in [0.15, 0.2) is 12.1 Å². The van der Waals surface area contributed by atoms with Crippen molar-refractivity contribution in [1.82, 2.24) is 0 Å². The maximum atomic E-state index is 2.50. The second-order valence-electron chi connectivity index (χ2n) is 6.35. The minimum Gasteiger partial charge on any atom is -0.118 e. The molecule has 17 heavy (non-hydrogen) atoms. The first kappa shape index (κ1) is 16.8. The standard InChI is InChI=1S/C16H33B/c1-8-9-10-11-12-17(15(6)13(2)3)16(7)14(4)5/h11-16H,8-10H2,1-7H3. The summed E-state index contributed by atoms with van der Waals surface area (Å²) in [5, 5.41) is 0. The highest BCUT2D eigenvalue weighted by Gasteiger charge is 2.28. The van der Waals surface area contributed by atoms with Crippen LogP contribution in [0.1, 0.15) is 67.7 Å². The Kier molecular flexibility index (Phi) is 8.73. The van der Waals surface area contributed by atoms with Gasteiger partial charge in [-0.15, -0.1) is 5.98 Å². The van der Waals surface area contributed by atoms with Crippen molar-refractivity contribution >= 4 is 6.71 Å². The Balaban J connectivity index is 4.56. The second-order valence-corrected chi connectivity index (χ2v) is 6.35. The van der Waals surface area contributed by atoms with Crippen LogP contribution < -0.4 is 0 Å². The van der Waals surface area contributed by atoms with E-state index in [1.165, 1.54) is 19.3 Å². The molecule has 0 saturated carbocycles. The van der Waals surface area contributed by atoms with Gasteiger partial charge in [0.1, 0.15) is 0 Å². The Labute approximate surface area is 110 Å². The van der Waals surface area contributed by atoms with Gasteiger partial charge in [0.25, 0.3) is 0 Å². The summed E-state index contributed by atoms with van der Waals surface area (Å²) in [4.78, 5) is 0. The lowest BCUT2D eigenvalue weighted by molar-refractivity contribution is 0.566. The van der Waals surface area contributed by atoms with Gasteiger partial charge in [-0.3, -0.25) is 0 Å². The van der Waals surface area contributed by atoms with Gasteiger partial charge in [-0.1, -0.05) is 90.9 Å². The summed E-state index contributed by atoms with van der Waals surface area (Å²) in [6, 6.07) is 0. The Bertz CT molecular complexity index is 192. The summed E-state index contributed by atoms with van der Waals surface area (Å²) < 4.78 is 0. The highest BCUT2D eigenvalue weighted by molar-refractivity contribution is 6.67. The van der Waals surface area contributed by atoms with Gasteiger partial charge in [0.15, 0.2) is 6.71 Å². The van der Waals surface area contributed by atoms with Crippen molar-refractivity contribution in [2.24, 2.45) is 11.8 Å². The number of hydrogen-bond acceptors (Lipinski definition) is 0. The summed E-state index contributed by atoms with van der Waals surface area (Å²) in [7, 11) is 0. The molecule has 0 amide bonds. The largest absolute Gasteiger partial charge is 0.172 e. The molecule has 0 aromatic rings. The van der Waals surface area contributed by atoms with E-state index in [1.54, 1.807) is 0 Å². The molecule has 0 aliphatic carbocycles. The highest BCUT2D eigenvalue weighted by Crippen LogP contribution is 2.33. The molecule has 0 nitrogen and oxygen atoms in total. The average molecular weight is 236 g/mol. The third-order valence-electron chi connectivity index (χ3n) is 4.40. The van der Waals surface area contributed by atoms with Crippen molar-refractivity contribution in [3.63, 3.8) is 0 Å². The molecule has 0 spiro atoms. The van der Waals surface area contributed by atoms with Crippen LogP contribution in [0.5, 0.6) is 0 Å². The molecule has 2 atom stereocenters. The first-order chi connectivity index (χ1) is 7.91. The maximum absolute atomic E-state index is 2.50. The molecule has 0 aromatic heterocycles. The van der Waals surface area contributed by atoms with Gasteiger partial charge in [0.2, 0.25) is 0 Å². The number of unbranched alkanes of at least 4 members (excludes halogenated alkanes) is 2. The lowest BCUT2D eigenvalue weighted by Gasteiger charge is -2.29. The highest BCUT2D eigenvalue weighted by atomic mass is 14.1. The van der Waals surface area contributed by atoms with Crippen LogP contribution >= 0.6 is 0 Å². The van der Waals surface area contributed by atoms with E-state index >= 15 is 0 Å². The SMILES string of the molecule is CCCCC=CB(C(C)C(C)C)C(C)C(C)C. The Hall–Kier alpha value is -0.195. The van der Waals surface area contributed by atoms with Gasteiger partial charge in [-0.25, -0.2) is 0 Å². The van der Waals surface area contributed by atoms with E-state index in [1.807, 2.05) is 0 Å². The molecule has 0 radical (unpaired) electrons. The molecule has 2 unspecified atom stereocenters. The van der Waals surface area contributed by atoms with Crippen LogP contribution in [-0.4, -0.2) is 6.71 Å². The number of allylic oxidation sites excluding steroid dienone is 1. The van der Waals surface area contributed by atoms with E-state index in [-0.39, 0.29) is 0 Å². The topological polar surface area (TPSA) is 0 Å². The van der Waals surface area contributed by atoms with Crippen molar-refractivity contribution in [3.05, 3.63) is 12.1 Å². The normalized spacial score (nSPS) is 15.8. The molecule has 1 heteroatoms. The number of rotatable bonds is 8. The van der Waals surface area contributed by atoms with Crippen molar-refractivity contribution in [1.29, 1.82) is 0 Å².